The molecule has 1 saturated carbocycles. The molecular weight excluding hydrogens is 345 g/mol. The second kappa shape index (κ2) is 6.91. The van der Waals surface area contributed by atoms with Crippen molar-refractivity contribution in [3.8, 4) is 5.69 Å². The Labute approximate surface area is 157 Å². The van der Waals surface area contributed by atoms with E-state index in [1.165, 1.54) is 23.2 Å². The number of fused-ring (bicyclic) bond motifs is 1. The van der Waals surface area contributed by atoms with Crippen LogP contribution >= 0.6 is 0 Å². The number of aryl methyl sites for hydroxylation is 1. The number of likely N-dealkylation sites (tertiary alicyclic amines) is 1. The molecule has 1 aliphatic carbocycles. The van der Waals surface area contributed by atoms with Crippen molar-refractivity contribution >= 4 is 5.91 Å². The van der Waals surface area contributed by atoms with Crippen LogP contribution in [0.3, 0.4) is 0 Å². The molecule has 142 valence electrons. The van der Waals surface area contributed by atoms with Crippen LogP contribution < -0.4 is 5.43 Å². The zero-order chi connectivity index (χ0) is 19.1. The van der Waals surface area contributed by atoms with Gasteiger partial charge in [0.25, 0.3) is 5.91 Å². The highest BCUT2D eigenvalue weighted by Gasteiger charge is 2.43. The van der Waals surface area contributed by atoms with Crippen molar-refractivity contribution in [3.05, 3.63) is 57.8 Å². The summed E-state index contributed by atoms with van der Waals surface area (Å²) in [7, 11) is 0. The molecule has 1 aromatic carbocycles. The number of amides is 1. The molecule has 0 spiro atoms. The Balaban J connectivity index is 1.75. The molecule has 5 nitrogen and oxygen atoms in total. The zero-order valence-corrected chi connectivity index (χ0v) is 15.7. The van der Waals surface area contributed by atoms with Crippen LogP contribution in [0.25, 0.3) is 5.69 Å². The van der Waals surface area contributed by atoms with Crippen LogP contribution in [0.15, 0.2) is 35.1 Å². The van der Waals surface area contributed by atoms with Gasteiger partial charge >= 0.3 is 0 Å². The Kier molecular flexibility index (Phi) is 4.58. The molecule has 3 atom stereocenters. The van der Waals surface area contributed by atoms with E-state index in [1.807, 2.05) is 11.8 Å². The number of hydrogen-bond acceptors (Lipinski definition) is 3. The Hall–Kier alpha value is -2.50. The fourth-order valence-corrected chi connectivity index (χ4v) is 4.74. The lowest BCUT2D eigenvalue weighted by Crippen LogP contribution is -2.44. The van der Waals surface area contributed by atoms with Gasteiger partial charge < -0.3 is 4.90 Å². The monoisotopic (exact) mass is 369 g/mol. The molecule has 0 radical (unpaired) electrons. The lowest BCUT2D eigenvalue weighted by molar-refractivity contribution is 0.0624. The fourth-order valence-electron chi connectivity index (χ4n) is 4.74. The first kappa shape index (κ1) is 17.9. The number of nitrogens with zero attached hydrogens (tertiary/aromatic N) is 3. The normalized spacial score (nSPS) is 24.7. The first-order valence-electron chi connectivity index (χ1n) is 9.66. The van der Waals surface area contributed by atoms with E-state index in [0.717, 1.165) is 25.7 Å². The van der Waals surface area contributed by atoms with Crippen LogP contribution in [0.2, 0.25) is 0 Å². The maximum absolute atomic E-state index is 14.2. The van der Waals surface area contributed by atoms with Gasteiger partial charge in [-0.15, -0.1) is 0 Å². The lowest BCUT2D eigenvalue weighted by Gasteiger charge is -2.33. The number of halogens is 1. The molecule has 1 aliphatic heterocycles. The summed E-state index contributed by atoms with van der Waals surface area (Å²) in [5, 5.41) is 4.29. The van der Waals surface area contributed by atoms with Crippen molar-refractivity contribution in [1.82, 2.24) is 14.7 Å². The molecule has 1 saturated heterocycles. The average Bonchev–Trinajstić information content (AvgIpc) is 2.98. The van der Waals surface area contributed by atoms with E-state index in [4.69, 9.17) is 0 Å². The van der Waals surface area contributed by atoms with Crippen molar-refractivity contribution < 1.29 is 9.18 Å². The van der Waals surface area contributed by atoms with Gasteiger partial charge in [0.2, 0.25) is 5.43 Å². The van der Waals surface area contributed by atoms with Crippen LogP contribution in [0, 0.1) is 18.7 Å². The van der Waals surface area contributed by atoms with Crippen molar-refractivity contribution in [1.29, 1.82) is 0 Å². The van der Waals surface area contributed by atoms with Crippen LogP contribution in [-0.4, -0.2) is 32.7 Å². The largest absolute Gasteiger partial charge is 0.331 e. The van der Waals surface area contributed by atoms with E-state index >= 15 is 0 Å². The van der Waals surface area contributed by atoms with Crippen LogP contribution in [0.5, 0.6) is 0 Å². The summed E-state index contributed by atoms with van der Waals surface area (Å²) < 4.78 is 15.6. The van der Waals surface area contributed by atoms with E-state index in [2.05, 4.69) is 5.10 Å². The minimum Gasteiger partial charge on any atom is -0.331 e. The van der Waals surface area contributed by atoms with Crippen LogP contribution in [0.4, 0.5) is 4.39 Å². The van der Waals surface area contributed by atoms with Gasteiger partial charge in [-0.2, -0.15) is 5.10 Å². The number of carbonyl (C=O) groups excluding carboxylic acids is 1. The van der Waals surface area contributed by atoms with Crippen molar-refractivity contribution in [2.45, 2.75) is 58.0 Å². The topological polar surface area (TPSA) is 55.2 Å². The molecule has 6 heteroatoms. The van der Waals surface area contributed by atoms with Crippen LogP contribution in [-0.2, 0) is 0 Å². The van der Waals surface area contributed by atoms with E-state index in [1.54, 1.807) is 25.1 Å². The molecular formula is C21H24FN3O2. The summed E-state index contributed by atoms with van der Waals surface area (Å²) in [5.41, 5.74) is 0.194. The van der Waals surface area contributed by atoms with Gasteiger partial charge in [-0.25, -0.2) is 9.07 Å². The molecule has 0 N–H and O–H groups in total. The highest BCUT2D eigenvalue weighted by Crippen LogP contribution is 2.39. The summed E-state index contributed by atoms with van der Waals surface area (Å²) in [4.78, 5) is 27.7. The Morgan fingerprint density at radius 1 is 1.22 bits per heavy atom. The van der Waals surface area contributed by atoms with Gasteiger partial charge in [0.1, 0.15) is 11.5 Å². The fraction of sp³-hybridized carbons (Fsp3) is 0.476. The summed E-state index contributed by atoms with van der Waals surface area (Å²) in [5.74, 6) is -0.263. The maximum atomic E-state index is 14.2. The lowest BCUT2D eigenvalue weighted by atomic mass is 9.85. The molecule has 2 aromatic rings. The van der Waals surface area contributed by atoms with Gasteiger partial charge in [0.05, 0.1) is 0 Å². The van der Waals surface area contributed by atoms with E-state index in [9.17, 15) is 14.0 Å². The Morgan fingerprint density at radius 3 is 2.74 bits per heavy atom. The SMILES string of the molecule is Cc1cc(=O)c(C(=O)N2C(C)CC3CCCCC32)nn1-c1ccccc1F. The van der Waals surface area contributed by atoms with E-state index in [-0.39, 0.29) is 29.4 Å². The van der Waals surface area contributed by atoms with Gasteiger partial charge in [-0.3, -0.25) is 9.59 Å². The Bertz CT molecular complexity index is 939. The number of benzene rings is 1. The molecule has 27 heavy (non-hydrogen) atoms. The standard InChI is InChI=1S/C21H24FN3O2/c1-13-11-15-7-3-5-9-17(15)24(13)21(27)20-19(26)12-14(2)25(23-20)18-10-6-4-8-16(18)22/h4,6,8,10,12-13,15,17H,3,5,7,9,11H2,1-2H3. The average molecular weight is 369 g/mol. The summed E-state index contributed by atoms with van der Waals surface area (Å²) in [6, 6.07) is 7.87. The molecule has 0 bridgehead atoms. The van der Waals surface area contributed by atoms with E-state index in [0.29, 0.717) is 11.6 Å². The third-order valence-electron chi connectivity index (χ3n) is 5.97. The molecule has 2 heterocycles. The number of carbonyl (C=O) groups is 1. The molecule has 4 rings (SSSR count). The predicted octanol–water partition coefficient (Wildman–Crippen LogP) is 3.47. The Morgan fingerprint density at radius 2 is 1.96 bits per heavy atom. The molecule has 2 aliphatic rings. The van der Waals surface area contributed by atoms with Crippen molar-refractivity contribution in [2.24, 2.45) is 5.92 Å². The number of hydrogen-bond donors (Lipinski definition) is 0. The van der Waals surface area contributed by atoms with Gasteiger partial charge in [-0.05, 0) is 51.2 Å². The summed E-state index contributed by atoms with van der Waals surface area (Å²) in [6.45, 7) is 3.73. The van der Waals surface area contributed by atoms with Gasteiger partial charge in [-0.1, -0.05) is 25.0 Å². The quantitative estimate of drug-likeness (QED) is 0.814. The minimum absolute atomic E-state index is 0.0926. The van der Waals surface area contributed by atoms with E-state index < -0.39 is 11.2 Å². The predicted molar refractivity (Wildman–Crippen MR) is 101 cm³/mol. The maximum Gasteiger partial charge on any atom is 0.278 e. The van der Waals surface area contributed by atoms with Crippen molar-refractivity contribution in [3.63, 3.8) is 0 Å². The highest BCUT2D eigenvalue weighted by atomic mass is 19.1. The number of aromatic nitrogens is 2. The molecule has 2 fully saturated rings. The van der Waals surface area contributed by atoms with Crippen molar-refractivity contribution in [2.75, 3.05) is 0 Å². The van der Waals surface area contributed by atoms with Gasteiger partial charge in [0, 0.05) is 23.8 Å². The number of para-hydroxylation sites is 1. The molecule has 1 amide bonds. The highest BCUT2D eigenvalue weighted by molar-refractivity contribution is 5.92. The minimum atomic E-state index is -0.447. The molecule has 3 unspecified atom stereocenters. The molecule has 1 aromatic heterocycles. The summed E-state index contributed by atoms with van der Waals surface area (Å²) >= 11 is 0. The second-order valence-corrected chi connectivity index (χ2v) is 7.77. The smallest absolute Gasteiger partial charge is 0.278 e. The zero-order valence-electron chi connectivity index (χ0n) is 15.7. The summed E-state index contributed by atoms with van der Waals surface area (Å²) in [6.07, 6.45) is 5.41. The third kappa shape index (κ3) is 3.07. The van der Waals surface area contributed by atoms with Crippen LogP contribution in [0.1, 0.15) is 55.2 Å². The third-order valence-corrected chi connectivity index (χ3v) is 5.97. The van der Waals surface area contributed by atoms with Gasteiger partial charge in [0.15, 0.2) is 5.69 Å². The number of rotatable bonds is 2. The first-order valence-corrected chi connectivity index (χ1v) is 9.66. The first-order chi connectivity index (χ1) is 13.0. The second-order valence-electron chi connectivity index (χ2n) is 7.77.